The number of para-hydroxylation sites is 1. The molecule has 0 saturated carbocycles. The molecule has 0 bridgehead atoms. The molecule has 1 aromatic carbocycles. The van der Waals surface area contributed by atoms with Crippen molar-refractivity contribution in [1.82, 2.24) is 5.32 Å². The molecule has 0 unspecified atom stereocenters. The lowest BCUT2D eigenvalue weighted by molar-refractivity contribution is 0.189. The Bertz CT molecular complexity index is 319. The van der Waals surface area contributed by atoms with Crippen molar-refractivity contribution in [3.8, 4) is 5.75 Å². The van der Waals surface area contributed by atoms with Gasteiger partial charge in [0, 0.05) is 12.1 Å². The van der Waals surface area contributed by atoms with Crippen LogP contribution in [0.2, 0.25) is 0 Å². The maximum atomic E-state index is 6.09. The highest BCUT2D eigenvalue weighted by Gasteiger charge is 2.11. The third-order valence-corrected chi connectivity index (χ3v) is 2.86. The van der Waals surface area contributed by atoms with Crippen LogP contribution in [0.25, 0.3) is 0 Å². The van der Waals surface area contributed by atoms with E-state index in [1.807, 2.05) is 7.05 Å². The van der Waals surface area contributed by atoms with E-state index in [0.29, 0.717) is 6.10 Å². The summed E-state index contributed by atoms with van der Waals surface area (Å²) >= 11 is 0. The van der Waals surface area contributed by atoms with E-state index in [1.165, 1.54) is 11.1 Å². The van der Waals surface area contributed by atoms with Crippen molar-refractivity contribution in [1.29, 1.82) is 0 Å². The molecule has 0 amide bonds. The summed E-state index contributed by atoms with van der Waals surface area (Å²) in [6, 6.07) is 6.32. The zero-order valence-corrected chi connectivity index (χ0v) is 10.8. The Morgan fingerprint density at radius 3 is 2.50 bits per heavy atom. The second kappa shape index (κ2) is 6.54. The van der Waals surface area contributed by atoms with Crippen LogP contribution in [0, 0.1) is 6.92 Å². The first-order chi connectivity index (χ1) is 7.72. The van der Waals surface area contributed by atoms with Crippen LogP contribution in [0.5, 0.6) is 5.75 Å². The summed E-state index contributed by atoms with van der Waals surface area (Å²) in [5.74, 6) is 1.06. The number of aryl methyl sites for hydroxylation is 1. The van der Waals surface area contributed by atoms with E-state index >= 15 is 0 Å². The van der Waals surface area contributed by atoms with E-state index in [9.17, 15) is 0 Å². The topological polar surface area (TPSA) is 21.3 Å². The largest absolute Gasteiger partial charge is 0.490 e. The highest BCUT2D eigenvalue weighted by Crippen LogP contribution is 2.25. The van der Waals surface area contributed by atoms with Crippen molar-refractivity contribution < 1.29 is 4.74 Å². The van der Waals surface area contributed by atoms with Crippen molar-refractivity contribution in [2.75, 3.05) is 7.05 Å². The molecule has 0 aliphatic carbocycles. The molecule has 1 N–H and O–H groups in total. The van der Waals surface area contributed by atoms with Gasteiger partial charge in [-0.1, -0.05) is 32.0 Å². The van der Waals surface area contributed by atoms with Gasteiger partial charge in [0.05, 0.1) is 6.10 Å². The maximum Gasteiger partial charge on any atom is 0.127 e. The summed E-state index contributed by atoms with van der Waals surface area (Å²) in [6.07, 6.45) is 2.45. The van der Waals surface area contributed by atoms with Gasteiger partial charge in [0.1, 0.15) is 5.75 Å². The molecule has 0 aliphatic rings. The quantitative estimate of drug-likeness (QED) is 0.796. The molecule has 0 spiro atoms. The molecule has 2 nitrogen and oxygen atoms in total. The van der Waals surface area contributed by atoms with E-state index in [1.54, 1.807) is 0 Å². The zero-order valence-electron chi connectivity index (χ0n) is 10.8. The first kappa shape index (κ1) is 13.0. The molecule has 1 aromatic rings. The minimum Gasteiger partial charge on any atom is -0.490 e. The summed E-state index contributed by atoms with van der Waals surface area (Å²) in [4.78, 5) is 0. The molecule has 0 atom stereocenters. The average molecular weight is 221 g/mol. The molecule has 0 aromatic heterocycles. The van der Waals surface area contributed by atoms with Gasteiger partial charge in [0.25, 0.3) is 0 Å². The number of rotatable bonds is 6. The Morgan fingerprint density at radius 2 is 1.94 bits per heavy atom. The highest BCUT2D eigenvalue weighted by molar-refractivity contribution is 5.40. The highest BCUT2D eigenvalue weighted by atomic mass is 16.5. The van der Waals surface area contributed by atoms with Crippen LogP contribution in [0.3, 0.4) is 0 Å². The van der Waals surface area contributed by atoms with E-state index in [4.69, 9.17) is 4.74 Å². The van der Waals surface area contributed by atoms with Crippen molar-refractivity contribution in [2.24, 2.45) is 0 Å². The Hall–Kier alpha value is -1.02. The van der Waals surface area contributed by atoms with Gasteiger partial charge in [-0.3, -0.25) is 0 Å². The molecule has 16 heavy (non-hydrogen) atoms. The van der Waals surface area contributed by atoms with Crippen LogP contribution in [0.15, 0.2) is 18.2 Å². The Balaban J connectivity index is 2.91. The lowest BCUT2D eigenvalue weighted by Crippen LogP contribution is -2.17. The summed E-state index contributed by atoms with van der Waals surface area (Å²) in [5, 5.41) is 3.18. The van der Waals surface area contributed by atoms with Gasteiger partial charge in [0.15, 0.2) is 0 Å². The molecule has 90 valence electrons. The van der Waals surface area contributed by atoms with Gasteiger partial charge in [-0.15, -0.1) is 0 Å². The Morgan fingerprint density at radius 1 is 1.25 bits per heavy atom. The molecule has 1 rings (SSSR count). The predicted molar refractivity (Wildman–Crippen MR) is 68.9 cm³/mol. The molecule has 0 saturated heterocycles. The minimum atomic E-state index is 0.330. The number of hydrogen-bond donors (Lipinski definition) is 1. The van der Waals surface area contributed by atoms with Crippen LogP contribution < -0.4 is 10.1 Å². The van der Waals surface area contributed by atoms with Crippen LogP contribution in [-0.2, 0) is 6.54 Å². The fourth-order valence-electron chi connectivity index (χ4n) is 1.83. The number of nitrogens with one attached hydrogen (secondary N) is 1. The van der Waals surface area contributed by atoms with Crippen molar-refractivity contribution in [2.45, 2.75) is 46.3 Å². The van der Waals surface area contributed by atoms with Gasteiger partial charge < -0.3 is 10.1 Å². The second-order valence-corrected chi connectivity index (χ2v) is 4.15. The van der Waals surface area contributed by atoms with Crippen LogP contribution >= 0.6 is 0 Å². The third kappa shape index (κ3) is 3.24. The van der Waals surface area contributed by atoms with E-state index < -0.39 is 0 Å². The molecule has 2 heteroatoms. The lowest BCUT2D eigenvalue weighted by atomic mass is 10.1. The van der Waals surface area contributed by atoms with Gasteiger partial charge in [-0.25, -0.2) is 0 Å². The molecular weight excluding hydrogens is 198 g/mol. The van der Waals surface area contributed by atoms with Crippen molar-refractivity contribution >= 4 is 0 Å². The number of ether oxygens (including phenoxy) is 1. The van der Waals surface area contributed by atoms with Gasteiger partial charge in [-0.05, 0) is 32.4 Å². The van der Waals surface area contributed by atoms with E-state index in [0.717, 1.165) is 25.1 Å². The van der Waals surface area contributed by atoms with E-state index in [2.05, 4.69) is 44.3 Å². The number of hydrogen-bond acceptors (Lipinski definition) is 2. The lowest BCUT2D eigenvalue weighted by Gasteiger charge is -2.20. The summed E-state index contributed by atoms with van der Waals surface area (Å²) in [5.41, 5.74) is 2.47. The van der Waals surface area contributed by atoms with Crippen LogP contribution in [0.1, 0.15) is 37.8 Å². The Labute approximate surface area is 99.0 Å². The van der Waals surface area contributed by atoms with Gasteiger partial charge >= 0.3 is 0 Å². The van der Waals surface area contributed by atoms with Crippen LogP contribution in [0.4, 0.5) is 0 Å². The fraction of sp³-hybridized carbons (Fsp3) is 0.571. The van der Waals surface area contributed by atoms with Gasteiger partial charge in [-0.2, -0.15) is 0 Å². The first-order valence-electron chi connectivity index (χ1n) is 6.12. The standard InChI is InChI=1S/C14H23NO/c1-5-13(6-2)16-14-11(3)8-7-9-12(14)10-15-4/h7-9,13,15H,5-6,10H2,1-4H3. The van der Waals surface area contributed by atoms with Crippen LogP contribution in [-0.4, -0.2) is 13.2 Å². The average Bonchev–Trinajstić information content (AvgIpc) is 2.29. The summed E-state index contributed by atoms with van der Waals surface area (Å²) in [7, 11) is 1.96. The second-order valence-electron chi connectivity index (χ2n) is 4.15. The normalized spacial score (nSPS) is 10.8. The Kier molecular flexibility index (Phi) is 5.33. The molecular formula is C14H23NO. The first-order valence-corrected chi connectivity index (χ1v) is 6.12. The maximum absolute atomic E-state index is 6.09. The summed E-state index contributed by atoms with van der Waals surface area (Å²) < 4.78 is 6.09. The fourth-order valence-corrected chi connectivity index (χ4v) is 1.83. The van der Waals surface area contributed by atoms with Crippen molar-refractivity contribution in [3.63, 3.8) is 0 Å². The predicted octanol–water partition coefficient (Wildman–Crippen LogP) is 3.28. The zero-order chi connectivity index (χ0) is 12.0. The monoisotopic (exact) mass is 221 g/mol. The molecule has 0 fully saturated rings. The van der Waals surface area contributed by atoms with Gasteiger partial charge in [0.2, 0.25) is 0 Å². The summed E-state index contributed by atoms with van der Waals surface area (Å²) in [6.45, 7) is 7.31. The molecule has 0 radical (unpaired) electrons. The molecule has 0 aliphatic heterocycles. The molecule has 0 heterocycles. The number of benzene rings is 1. The minimum absolute atomic E-state index is 0.330. The third-order valence-electron chi connectivity index (χ3n) is 2.86. The van der Waals surface area contributed by atoms with E-state index in [-0.39, 0.29) is 0 Å². The smallest absolute Gasteiger partial charge is 0.127 e. The SMILES string of the molecule is CCC(CC)Oc1c(C)cccc1CNC. The van der Waals surface area contributed by atoms with Crippen molar-refractivity contribution in [3.05, 3.63) is 29.3 Å².